The second-order valence-electron chi connectivity index (χ2n) is 14.5. The van der Waals surface area contributed by atoms with E-state index in [-0.39, 0.29) is 0 Å². The number of rotatable bonds is 6. The van der Waals surface area contributed by atoms with E-state index in [1.165, 1.54) is 49.0 Å². The van der Waals surface area contributed by atoms with Crippen LogP contribution in [0.25, 0.3) is 87.6 Å². The Morgan fingerprint density at radius 3 is 1.75 bits per heavy atom. The molecule has 10 aromatic carbocycles. The van der Waals surface area contributed by atoms with Crippen LogP contribution >= 0.6 is 0 Å². The van der Waals surface area contributed by atoms with Crippen molar-refractivity contribution in [3.63, 3.8) is 0 Å². The number of benzene rings is 10. The molecule has 0 bridgehead atoms. The van der Waals surface area contributed by atoms with Crippen LogP contribution in [0.5, 0.6) is 0 Å². The quantitative estimate of drug-likeness (QED) is 0.160. The molecule has 1 aromatic heterocycles. The normalized spacial score (nSPS) is 11.6. The average Bonchev–Trinajstić information content (AvgIpc) is 3.67. The minimum atomic E-state index is 0.866. The fourth-order valence-electron chi connectivity index (χ4n) is 8.63. The van der Waals surface area contributed by atoms with Crippen molar-refractivity contribution in [3.05, 3.63) is 212 Å². The van der Waals surface area contributed by atoms with Crippen molar-refractivity contribution in [1.82, 2.24) is 0 Å². The van der Waals surface area contributed by atoms with Crippen LogP contribution in [0, 0.1) is 0 Å². The fourth-order valence-corrected chi connectivity index (χ4v) is 8.63. The van der Waals surface area contributed by atoms with Crippen LogP contribution in [-0.4, -0.2) is 0 Å². The van der Waals surface area contributed by atoms with Crippen molar-refractivity contribution in [2.24, 2.45) is 0 Å². The number of anilines is 3. The highest BCUT2D eigenvalue weighted by molar-refractivity contribution is 6.21. The second kappa shape index (κ2) is 13.2. The Kier molecular flexibility index (Phi) is 7.53. The molecule has 0 radical (unpaired) electrons. The van der Waals surface area contributed by atoms with Gasteiger partial charge in [-0.1, -0.05) is 164 Å². The summed E-state index contributed by atoms with van der Waals surface area (Å²) in [7, 11) is 0. The Bertz CT molecular complexity index is 3260. The lowest BCUT2D eigenvalue weighted by atomic mass is 9.92. The molecule has 0 saturated carbocycles. The summed E-state index contributed by atoms with van der Waals surface area (Å²) in [6.07, 6.45) is 0. The number of hydrogen-bond acceptors (Lipinski definition) is 2. The molecule has 2 heteroatoms. The van der Waals surface area contributed by atoms with Crippen LogP contribution in [0.2, 0.25) is 0 Å². The highest BCUT2D eigenvalue weighted by atomic mass is 16.3. The van der Waals surface area contributed by atoms with Crippen LogP contribution in [0.4, 0.5) is 17.1 Å². The van der Waals surface area contributed by atoms with Crippen molar-refractivity contribution in [3.8, 4) is 33.4 Å². The van der Waals surface area contributed by atoms with Gasteiger partial charge in [-0.2, -0.15) is 0 Å². The van der Waals surface area contributed by atoms with E-state index >= 15 is 0 Å². The Morgan fingerprint density at radius 2 is 0.911 bits per heavy atom. The first-order valence-electron chi connectivity index (χ1n) is 19.2. The topological polar surface area (TPSA) is 16.4 Å². The number of fused-ring (bicyclic) bond motifs is 7. The van der Waals surface area contributed by atoms with E-state index in [1.807, 2.05) is 0 Å². The molecule has 0 N–H and O–H groups in total. The van der Waals surface area contributed by atoms with E-state index in [0.717, 1.165) is 55.7 Å². The molecule has 0 amide bonds. The molecular formula is C54H35NO. The molecule has 56 heavy (non-hydrogen) atoms. The van der Waals surface area contributed by atoms with Crippen LogP contribution < -0.4 is 4.90 Å². The molecule has 0 spiro atoms. The van der Waals surface area contributed by atoms with Gasteiger partial charge in [-0.3, -0.25) is 0 Å². The number of para-hydroxylation sites is 1. The Morgan fingerprint density at radius 1 is 0.321 bits per heavy atom. The summed E-state index contributed by atoms with van der Waals surface area (Å²) in [4.78, 5) is 2.43. The van der Waals surface area contributed by atoms with E-state index in [2.05, 4.69) is 217 Å². The highest BCUT2D eigenvalue weighted by Crippen LogP contribution is 2.49. The van der Waals surface area contributed by atoms with E-state index in [1.54, 1.807) is 0 Å². The highest BCUT2D eigenvalue weighted by Gasteiger charge is 2.24. The third kappa shape index (κ3) is 5.26. The molecule has 11 rings (SSSR count). The molecule has 0 atom stereocenters. The lowest BCUT2D eigenvalue weighted by molar-refractivity contribution is 0.670. The Labute approximate surface area is 325 Å². The van der Waals surface area contributed by atoms with Crippen molar-refractivity contribution < 1.29 is 4.42 Å². The van der Waals surface area contributed by atoms with Gasteiger partial charge >= 0.3 is 0 Å². The fraction of sp³-hybridized carbons (Fsp3) is 0. The third-order valence-corrected chi connectivity index (χ3v) is 11.2. The lowest BCUT2D eigenvalue weighted by Crippen LogP contribution is -2.11. The first-order valence-corrected chi connectivity index (χ1v) is 19.2. The van der Waals surface area contributed by atoms with Crippen LogP contribution in [0.1, 0.15) is 0 Å². The van der Waals surface area contributed by atoms with E-state index in [9.17, 15) is 0 Å². The molecule has 11 aromatic rings. The monoisotopic (exact) mass is 713 g/mol. The van der Waals surface area contributed by atoms with Crippen LogP contribution in [-0.2, 0) is 0 Å². The summed E-state index contributed by atoms with van der Waals surface area (Å²) in [5.74, 6) is 0. The summed E-state index contributed by atoms with van der Waals surface area (Å²) in [6, 6.07) is 76.4. The van der Waals surface area contributed by atoms with Gasteiger partial charge < -0.3 is 9.32 Å². The first kappa shape index (κ1) is 32.0. The Hall–Kier alpha value is -7.42. The molecule has 0 aliphatic heterocycles. The van der Waals surface area contributed by atoms with Crippen molar-refractivity contribution in [2.45, 2.75) is 0 Å². The standard InChI is InChI=1S/C54H35NO/c1-2-15-36(16-3-1)38-20-12-21-39(33-38)40-22-13-23-42(34-40)55(50-29-14-19-37-17-4-7-25-44(37)50)51-32-31-47(54-53(51)48-28-10-11-30-52(48)56-54)49-35-41-18-5-6-24-43(41)45-26-8-9-27-46(45)49/h1-35H. The minimum absolute atomic E-state index is 0.866. The van der Waals surface area contributed by atoms with E-state index < -0.39 is 0 Å². The third-order valence-electron chi connectivity index (χ3n) is 11.2. The summed E-state index contributed by atoms with van der Waals surface area (Å²) >= 11 is 0. The SMILES string of the molecule is c1ccc(-c2cccc(-c3cccc(N(c4cccc5ccccc45)c4ccc(-c5cc6ccccc6c6ccccc56)c5oc6ccccc6c45)c3)c2)cc1. The van der Waals surface area contributed by atoms with Gasteiger partial charge in [0.05, 0.1) is 16.8 Å². The first-order chi connectivity index (χ1) is 27.8. The molecular weight excluding hydrogens is 679 g/mol. The van der Waals surface area contributed by atoms with Gasteiger partial charge in [-0.15, -0.1) is 0 Å². The molecule has 0 saturated heterocycles. The zero-order chi connectivity index (χ0) is 37.0. The summed E-state index contributed by atoms with van der Waals surface area (Å²) in [5, 5.41) is 9.43. The molecule has 1 heterocycles. The van der Waals surface area contributed by atoms with Gasteiger partial charge in [0.1, 0.15) is 11.2 Å². The summed E-state index contributed by atoms with van der Waals surface area (Å²) < 4.78 is 6.97. The van der Waals surface area contributed by atoms with Gasteiger partial charge in [-0.05, 0) is 103 Å². The van der Waals surface area contributed by atoms with Gasteiger partial charge in [-0.25, -0.2) is 0 Å². The largest absolute Gasteiger partial charge is 0.455 e. The van der Waals surface area contributed by atoms with Gasteiger partial charge in [0.25, 0.3) is 0 Å². The summed E-state index contributed by atoms with van der Waals surface area (Å²) in [6.45, 7) is 0. The van der Waals surface area contributed by atoms with Crippen LogP contribution in [0.3, 0.4) is 0 Å². The number of hydrogen-bond donors (Lipinski definition) is 0. The summed E-state index contributed by atoms with van der Waals surface area (Å²) in [5.41, 5.74) is 11.9. The van der Waals surface area contributed by atoms with E-state index in [0.29, 0.717) is 0 Å². The van der Waals surface area contributed by atoms with Crippen molar-refractivity contribution >= 4 is 71.3 Å². The molecule has 0 aliphatic rings. The number of nitrogens with zero attached hydrogens (tertiary/aromatic N) is 1. The van der Waals surface area contributed by atoms with Gasteiger partial charge in [0.15, 0.2) is 0 Å². The maximum absolute atomic E-state index is 6.97. The molecule has 2 nitrogen and oxygen atoms in total. The Balaban J connectivity index is 1.18. The zero-order valence-electron chi connectivity index (χ0n) is 30.6. The predicted molar refractivity (Wildman–Crippen MR) is 237 cm³/mol. The smallest absolute Gasteiger partial charge is 0.145 e. The average molecular weight is 714 g/mol. The van der Waals surface area contributed by atoms with Crippen molar-refractivity contribution in [1.29, 1.82) is 0 Å². The molecule has 0 unspecified atom stereocenters. The lowest BCUT2D eigenvalue weighted by Gasteiger charge is -2.28. The minimum Gasteiger partial charge on any atom is -0.455 e. The molecule has 262 valence electrons. The zero-order valence-corrected chi connectivity index (χ0v) is 30.6. The van der Waals surface area contributed by atoms with Gasteiger partial charge in [0, 0.05) is 22.0 Å². The molecule has 0 aliphatic carbocycles. The van der Waals surface area contributed by atoms with Crippen LogP contribution in [0.15, 0.2) is 217 Å². The predicted octanol–water partition coefficient (Wildman–Crippen LogP) is 15.5. The number of furan rings is 1. The maximum atomic E-state index is 6.97. The molecule has 0 fully saturated rings. The van der Waals surface area contributed by atoms with E-state index in [4.69, 9.17) is 4.42 Å². The van der Waals surface area contributed by atoms with Crippen molar-refractivity contribution in [2.75, 3.05) is 4.90 Å². The second-order valence-corrected chi connectivity index (χ2v) is 14.5. The maximum Gasteiger partial charge on any atom is 0.145 e. The van der Waals surface area contributed by atoms with Gasteiger partial charge in [0.2, 0.25) is 0 Å².